The summed E-state index contributed by atoms with van der Waals surface area (Å²) in [5.41, 5.74) is 2.34. The molecule has 1 amide bonds. The van der Waals surface area contributed by atoms with Gasteiger partial charge in [-0.2, -0.15) is 5.10 Å². The molecule has 1 aromatic carbocycles. The van der Waals surface area contributed by atoms with Gasteiger partial charge in [0.15, 0.2) is 0 Å². The van der Waals surface area contributed by atoms with Crippen molar-refractivity contribution in [1.29, 1.82) is 0 Å². The average Bonchev–Trinajstić information content (AvgIpc) is 3.15. The summed E-state index contributed by atoms with van der Waals surface area (Å²) in [6.07, 6.45) is 7.85. The number of quaternary nitrogens is 1. The van der Waals surface area contributed by atoms with Crippen LogP contribution in [-0.2, 0) is 11.3 Å². The van der Waals surface area contributed by atoms with Crippen LogP contribution < -0.4 is 10.5 Å². The van der Waals surface area contributed by atoms with Crippen molar-refractivity contribution in [2.75, 3.05) is 26.2 Å². The fourth-order valence-corrected chi connectivity index (χ4v) is 5.23. The van der Waals surface area contributed by atoms with E-state index in [0.29, 0.717) is 11.6 Å². The zero-order valence-electron chi connectivity index (χ0n) is 17.6. The first kappa shape index (κ1) is 19.3. The minimum atomic E-state index is -0.234. The molecule has 2 aliphatic rings. The van der Waals surface area contributed by atoms with Crippen molar-refractivity contribution in [3.05, 3.63) is 40.3 Å². The van der Waals surface area contributed by atoms with Crippen LogP contribution in [0.15, 0.2) is 29.2 Å². The van der Waals surface area contributed by atoms with E-state index < -0.39 is 0 Å². The third kappa shape index (κ3) is 3.51. The molecule has 0 radical (unpaired) electrons. The highest BCUT2D eigenvalue weighted by Crippen LogP contribution is 2.23. The Hall–Kier alpha value is -2.67. The number of nitrogens with one attached hydrogen (secondary N) is 2. The van der Waals surface area contributed by atoms with Crippen LogP contribution in [0, 0.1) is 6.92 Å². The number of amides is 1. The summed E-state index contributed by atoms with van der Waals surface area (Å²) >= 11 is 0. The van der Waals surface area contributed by atoms with Crippen LogP contribution in [-0.4, -0.2) is 57.8 Å². The van der Waals surface area contributed by atoms with E-state index in [0.717, 1.165) is 47.8 Å². The van der Waals surface area contributed by atoms with E-state index in [1.54, 1.807) is 11.1 Å². The molecule has 2 aliphatic heterocycles. The SMILES string of the molecule is Cc1ccc2[nH]c3c(=O)n(CC(=O)N4CCC([NH+]5CCCCC5)CC4)ncc3c2c1. The number of fused-ring (bicyclic) bond motifs is 3. The normalized spacial score (nSPS) is 19.0. The van der Waals surface area contributed by atoms with Gasteiger partial charge in [-0.3, -0.25) is 9.59 Å². The summed E-state index contributed by atoms with van der Waals surface area (Å²) in [5.74, 6) is -0.0111. The zero-order chi connectivity index (χ0) is 20.7. The summed E-state index contributed by atoms with van der Waals surface area (Å²) in [7, 11) is 0. The zero-order valence-corrected chi connectivity index (χ0v) is 17.6. The van der Waals surface area contributed by atoms with Crippen LogP contribution in [0.4, 0.5) is 0 Å². The highest BCUT2D eigenvalue weighted by Gasteiger charge is 2.30. The van der Waals surface area contributed by atoms with E-state index >= 15 is 0 Å². The minimum Gasteiger partial charge on any atom is -0.350 e. The van der Waals surface area contributed by atoms with Crippen molar-refractivity contribution < 1.29 is 9.69 Å². The standard InChI is InChI=1S/C23H29N5O2/c1-16-5-6-20-18(13-16)19-14-24-28(23(30)22(19)25-20)15-21(29)27-11-7-17(8-12-27)26-9-3-2-4-10-26/h5-6,13-14,17,25H,2-4,7-12,15H2,1H3/p+1. The van der Waals surface area contributed by atoms with Gasteiger partial charge < -0.3 is 14.8 Å². The number of nitrogens with zero attached hydrogens (tertiary/aromatic N) is 3. The Morgan fingerprint density at radius 3 is 2.70 bits per heavy atom. The van der Waals surface area contributed by atoms with E-state index in [1.807, 2.05) is 24.0 Å². The van der Waals surface area contributed by atoms with Crippen LogP contribution in [0.1, 0.15) is 37.7 Å². The maximum atomic E-state index is 13.0. The van der Waals surface area contributed by atoms with Gasteiger partial charge in [-0.1, -0.05) is 11.6 Å². The molecule has 0 bridgehead atoms. The van der Waals surface area contributed by atoms with Gasteiger partial charge in [-0.25, -0.2) is 4.68 Å². The Morgan fingerprint density at radius 2 is 1.93 bits per heavy atom. The van der Waals surface area contributed by atoms with Crippen molar-refractivity contribution in [2.45, 2.75) is 51.6 Å². The fourth-order valence-electron chi connectivity index (χ4n) is 5.23. The van der Waals surface area contributed by atoms with Gasteiger partial charge >= 0.3 is 0 Å². The summed E-state index contributed by atoms with van der Waals surface area (Å²) in [6, 6.07) is 6.73. The monoisotopic (exact) mass is 408 g/mol. The molecule has 0 saturated carbocycles. The van der Waals surface area contributed by atoms with E-state index in [4.69, 9.17) is 0 Å². The highest BCUT2D eigenvalue weighted by molar-refractivity contribution is 6.06. The van der Waals surface area contributed by atoms with Crippen LogP contribution in [0.5, 0.6) is 0 Å². The van der Waals surface area contributed by atoms with Gasteiger partial charge in [0.2, 0.25) is 5.91 Å². The van der Waals surface area contributed by atoms with Crippen LogP contribution in [0.25, 0.3) is 21.8 Å². The Labute approximate surface area is 175 Å². The number of aromatic nitrogens is 3. The maximum Gasteiger partial charge on any atom is 0.291 e. The molecule has 2 saturated heterocycles. The first-order valence-corrected chi connectivity index (χ1v) is 11.2. The molecule has 0 unspecified atom stereocenters. The van der Waals surface area contributed by atoms with Gasteiger partial charge in [0.1, 0.15) is 12.1 Å². The second-order valence-corrected chi connectivity index (χ2v) is 8.94. The van der Waals surface area contributed by atoms with Crippen LogP contribution in [0.2, 0.25) is 0 Å². The largest absolute Gasteiger partial charge is 0.350 e. The predicted octanol–water partition coefficient (Wildman–Crippen LogP) is 1.25. The van der Waals surface area contributed by atoms with Gasteiger partial charge in [0.25, 0.3) is 5.56 Å². The average molecular weight is 409 g/mol. The molecular weight excluding hydrogens is 378 g/mol. The molecule has 30 heavy (non-hydrogen) atoms. The molecule has 2 aromatic heterocycles. The third-order valence-electron chi connectivity index (χ3n) is 6.97. The summed E-state index contributed by atoms with van der Waals surface area (Å²) in [4.78, 5) is 32.7. The second-order valence-electron chi connectivity index (χ2n) is 8.94. The van der Waals surface area contributed by atoms with Crippen molar-refractivity contribution >= 4 is 27.7 Å². The van der Waals surface area contributed by atoms with Crippen molar-refractivity contribution in [3.8, 4) is 0 Å². The molecule has 158 valence electrons. The molecule has 2 fully saturated rings. The maximum absolute atomic E-state index is 13.0. The lowest BCUT2D eigenvalue weighted by Crippen LogP contribution is -3.16. The third-order valence-corrected chi connectivity index (χ3v) is 6.97. The highest BCUT2D eigenvalue weighted by atomic mass is 16.2. The molecule has 5 rings (SSSR count). The minimum absolute atomic E-state index is 0.00437. The molecule has 4 heterocycles. The number of carbonyl (C=O) groups is 1. The van der Waals surface area contributed by atoms with E-state index in [9.17, 15) is 9.59 Å². The van der Waals surface area contributed by atoms with Crippen molar-refractivity contribution in [1.82, 2.24) is 19.7 Å². The molecule has 3 aromatic rings. The summed E-state index contributed by atoms with van der Waals surface area (Å²) in [6.45, 7) is 6.17. The lowest BCUT2D eigenvalue weighted by atomic mass is 10.00. The molecule has 0 aliphatic carbocycles. The number of H-pyrrole nitrogens is 1. The number of carbonyl (C=O) groups excluding carboxylic acids is 1. The first-order valence-electron chi connectivity index (χ1n) is 11.2. The molecule has 7 heteroatoms. The van der Waals surface area contributed by atoms with Gasteiger partial charge in [-0.05, 0) is 38.3 Å². The van der Waals surface area contributed by atoms with Crippen molar-refractivity contribution in [2.24, 2.45) is 0 Å². The topological polar surface area (TPSA) is 75.4 Å². The molecule has 7 nitrogen and oxygen atoms in total. The number of hydrogen-bond acceptors (Lipinski definition) is 3. The second kappa shape index (κ2) is 7.87. The molecule has 2 N–H and O–H groups in total. The molecular formula is C23H30N5O2+. The Balaban J connectivity index is 1.29. The summed E-state index contributed by atoms with van der Waals surface area (Å²) < 4.78 is 1.30. The molecule has 0 spiro atoms. The molecule has 0 atom stereocenters. The van der Waals surface area contributed by atoms with Gasteiger partial charge in [0, 0.05) is 42.2 Å². The number of hydrogen-bond donors (Lipinski definition) is 2. The van der Waals surface area contributed by atoms with Crippen LogP contribution >= 0.6 is 0 Å². The fraction of sp³-hybridized carbons (Fsp3) is 0.522. The number of piperidine rings is 2. The lowest BCUT2D eigenvalue weighted by molar-refractivity contribution is -0.931. The van der Waals surface area contributed by atoms with Crippen molar-refractivity contribution in [3.63, 3.8) is 0 Å². The Bertz CT molecular complexity index is 1130. The van der Waals surface area contributed by atoms with E-state index in [-0.39, 0.29) is 18.0 Å². The number of rotatable bonds is 3. The number of benzene rings is 1. The Kier molecular flexibility index (Phi) is 5.06. The van der Waals surface area contributed by atoms with Gasteiger partial charge in [-0.15, -0.1) is 0 Å². The smallest absolute Gasteiger partial charge is 0.291 e. The van der Waals surface area contributed by atoms with Crippen LogP contribution in [0.3, 0.4) is 0 Å². The number of aromatic amines is 1. The predicted molar refractivity (Wildman–Crippen MR) is 117 cm³/mol. The number of aryl methyl sites for hydroxylation is 1. The summed E-state index contributed by atoms with van der Waals surface area (Å²) in [5, 5.41) is 6.12. The number of likely N-dealkylation sites (tertiary alicyclic amines) is 2. The van der Waals surface area contributed by atoms with Gasteiger partial charge in [0.05, 0.1) is 25.3 Å². The quantitative estimate of drug-likeness (QED) is 0.685. The van der Waals surface area contributed by atoms with E-state index in [2.05, 4.69) is 16.1 Å². The first-order chi connectivity index (χ1) is 14.6. The van der Waals surface area contributed by atoms with E-state index in [1.165, 1.54) is 37.0 Å². The lowest BCUT2D eigenvalue weighted by Gasteiger charge is -2.37. The Morgan fingerprint density at radius 1 is 1.17 bits per heavy atom.